The van der Waals surface area contributed by atoms with Crippen LogP contribution in [0.5, 0.6) is 0 Å². The zero-order valence-electron chi connectivity index (χ0n) is 10.7. The number of amides is 1. The van der Waals surface area contributed by atoms with Gasteiger partial charge in [0.15, 0.2) is 0 Å². The molecule has 2 unspecified atom stereocenters. The maximum atomic E-state index is 12.1. The number of rotatable bonds is 3. The molecule has 1 heterocycles. The third-order valence-corrected chi connectivity index (χ3v) is 3.32. The summed E-state index contributed by atoms with van der Waals surface area (Å²) in [6.07, 6.45) is 4.40. The topological polar surface area (TPSA) is 79.3 Å². The van der Waals surface area contributed by atoms with Crippen molar-refractivity contribution in [1.29, 1.82) is 0 Å². The smallest absolute Gasteiger partial charge is 0.307 e. The minimum absolute atomic E-state index is 0.283. The number of carboxylic acids is 1. The van der Waals surface area contributed by atoms with Crippen molar-refractivity contribution < 1.29 is 14.7 Å². The fourth-order valence-electron chi connectivity index (χ4n) is 2.27. The molecule has 0 radical (unpaired) electrons. The van der Waals surface area contributed by atoms with E-state index in [-0.39, 0.29) is 5.91 Å². The average Bonchev–Trinajstić information content (AvgIpc) is 2.39. The predicted molar refractivity (Wildman–Crippen MR) is 70.5 cm³/mol. The second-order valence-corrected chi connectivity index (χ2v) is 4.75. The van der Waals surface area contributed by atoms with Crippen LogP contribution in [0.1, 0.15) is 19.8 Å². The second-order valence-electron chi connectivity index (χ2n) is 4.75. The number of aliphatic carboxylic acids is 1. The Labute approximate surface area is 111 Å². The fraction of sp³-hybridized carbons (Fsp3) is 0.357. The number of carbonyl (C=O) groups is 2. The molecule has 100 valence electrons. The molecule has 0 saturated heterocycles. The van der Waals surface area contributed by atoms with E-state index in [1.54, 1.807) is 24.4 Å². The maximum absolute atomic E-state index is 12.1. The molecule has 2 atom stereocenters. The number of hydrogen-bond donors (Lipinski definition) is 2. The summed E-state index contributed by atoms with van der Waals surface area (Å²) in [5.41, 5.74) is 1.02. The van der Waals surface area contributed by atoms with Gasteiger partial charge in [0.25, 0.3) is 0 Å². The van der Waals surface area contributed by atoms with Crippen LogP contribution in [0.3, 0.4) is 0 Å². The lowest BCUT2D eigenvalue weighted by Gasteiger charge is -2.26. The van der Waals surface area contributed by atoms with E-state index >= 15 is 0 Å². The summed E-state index contributed by atoms with van der Waals surface area (Å²) in [7, 11) is 0. The Hall–Kier alpha value is -2.17. The van der Waals surface area contributed by atoms with Gasteiger partial charge in [-0.25, -0.2) is 4.98 Å². The standard InChI is InChI=1S/C14H16N2O3/c1-9-5-6-10(11(8-9)14(18)19)13(17)16-12-4-2-3-7-15-12/h2-5,7,10-11H,6,8H2,1H3,(H,18,19)(H,15,16,17). The van der Waals surface area contributed by atoms with Crippen molar-refractivity contribution in [2.24, 2.45) is 11.8 Å². The monoisotopic (exact) mass is 260 g/mol. The van der Waals surface area contributed by atoms with E-state index in [9.17, 15) is 14.7 Å². The van der Waals surface area contributed by atoms with E-state index in [0.717, 1.165) is 5.57 Å². The highest BCUT2D eigenvalue weighted by molar-refractivity contribution is 5.94. The summed E-state index contributed by atoms with van der Waals surface area (Å²) in [6.45, 7) is 1.89. The van der Waals surface area contributed by atoms with Gasteiger partial charge in [0.1, 0.15) is 5.82 Å². The summed E-state index contributed by atoms with van der Waals surface area (Å²) in [5.74, 6) is -1.96. The molecule has 0 aromatic carbocycles. The van der Waals surface area contributed by atoms with Crippen LogP contribution in [-0.2, 0) is 9.59 Å². The fourth-order valence-corrected chi connectivity index (χ4v) is 2.27. The van der Waals surface area contributed by atoms with Crippen molar-refractivity contribution in [3.8, 4) is 0 Å². The van der Waals surface area contributed by atoms with Gasteiger partial charge in [0.05, 0.1) is 11.8 Å². The number of aromatic nitrogens is 1. The molecule has 1 aromatic rings. The van der Waals surface area contributed by atoms with Crippen LogP contribution in [0.2, 0.25) is 0 Å². The van der Waals surface area contributed by atoms with Crippen molar-refractivity contribution in [3.05, 3.63) is 36.0 Å². The van der Waals surface area contributed by atoms with Gasteiger partial charge >= 0.3 is 5.97 Å². The number of allylic oxidation sites excluding steroid dienone is 2. The van der Waals surface area contributed by atoms with E-state index in [1.165, 1.54) is 0 Å². The van der Waals surface area contributed by atoms with E-state index in [4.69, 9.17) is 0 Å². The molecule has 2 N–H and O–H groups in total. The number of nitrogens with zero attached hydrogens (tertiary/aromatic N) is 1. The first-order chi connectivity index (χ1) is 9.08. The van der Waals surface area contributed by atoms with Gasteiger partial charge in [-0.05, 0) is 31.9 Å². The van der Waals surface area contributed by atoms with E-state index in [0.29, 0.717) is 18.7 Å². The van der Waals surface area contributed by atoms with Crippen LogP contribution in [0.4, 0.5) is 5.82 Å². The number of anilines is 1. The van der Waals surface area contributed by atoms with Gasteiger partial charge < -0.3 is 10.4 Å². The zero-order chi connectivity index (χ0) is 13.8. The van der Waals surface area contributed by atoms with Crippen molar-refractivity contribution in [2.75, 3.05) is 5.32 Å². The molecule has 5 nitrogen and oxygen atoms in total. The molecule has 0 aliphatic heterocycles. The maximum Gasteiger partial charge on any atom is 0.307 e. The van der Waals surface area contributed by atoms with Gasteiger partial charge in [-0.15, -0.1) is 0 Å². The first kappa shape index (κ1) is 13.3. The largest absolute Gasteiger partial charge is 0.481 e. The third kappa shape index (κ3) is 3.19. The Kier molecular flexibility index (Phi) is 3.94. The Bertz CT molecular complexity index is 511. The Morgan fingerprint density at radius 1 is 1.37 bits per heavy atom. The summed E-state index contributed by atoms with van der Waals surface area (Å²) in [6, 6.07) is 5.20. The van der Waals surface area contributed by atoms with E-state index in [2.05, 4.69) is 10.3 Å². The van der Waals surface area contributed by atoms with Gasteiger partial charge in [-0.3, -0.25) is 9.59 Å². The minimum Gasteiger partial charge on any atom is -0.481 e. The lowest BCUT2D eigenvalue weighted by atomic mass is 9.79. The predicted octanol–water partition coefficient (Wildman–Crippen LogP) is 2.08. The number of hydrogen-bond acceptors (Lipinski definition) is 3. The molecule has 19 heavy (non-hydrogen) atoms. The molecule has 1 aliphatic rings. The Morgan fingerprint density at radius 3 is 2.79 bits per heavy atom. The van der Waals surface area contributed by atoms with Crippen molar-refractivity contribution in [2.45, 2.75) is 19.8 Å². The second kappa shape index (κ2) is 5.65. The third-order valence-electron chi connectivity index (χ3n) is 3.32. The van der Waals surface area contributed by atoms with Gasteiger partial charge in [-0.1, -0.05) is 17.7 Å². The number of carboxylic acid groups (broad SMARTS) is 1. The molecule has 5 heteroatoms. The molecular formula is C14H16N2O3. The summed E-state index contributed by atoms with van der Waals surface area (Å²) >= 11 is 0. The Balaban J connectivity index is 2.11. The van der Waals surface area contributed by atoms with Gasteiger partial charge in [0.2, 0.25) is 5.91 Å². The molecule has 1 aromatic heterocycles. The van der Waals surface area contributed by atoms with Crippen LogP contribution in [0.25, 0.3) is 0 Å². The quantitative estimate of drug-likeness (QED) is 0.815. The molecule has 1 aliphatic carbocycles. The highest BCUT2D eigenvalue weighted by Crippen LogP contribution is 2.30. The number of nitrogens with one attached hydrogen (secondary N) is 1. The summed E-state index contributed by atoms with van der Waals surface area (Å²) in [4.78, 5) is 27.4. The van der Waals surface area contributed by atoms with Crippen LogP contribution in [-0.4, -0.2) is 22.0 Å². The van der Waals surface area contributed by atoms with E-state index in [1.807, 2.05) is 13.0 Å². The van der Waals surface area contributed by atoms with Gasteiger partial charge in [0, 0.05) is 6.20 Å². The first-order valence-electron chi connectivity index (χ1n) is 6.18. The van der Waals surface area contributed by atoms with Crippen molar-refractivity contribution in [1.82, 2.24) is 4.98 Å². The molecule has 0 saturated carbocycles. The number of carbonyl (C=O) groups excluding carboxylic acids is 1. The van der Waals surface area contributed by atoms with Crippen LogP contribution in [0.15, 0.2) is 36.0 Å². The molecule has 0 spiro atoms. The minimum atomic E-state index is -0.923. The first-order valence-corrected chi connectivity index (χ1v) is 6.18. The lowest BCUT2D eigenvalue weighted by Crippen LogP contribution is -2.35. The highest BCUT2D eigenvalue weighted by Gasteiger charge is 2.35. The molecule has 0 fully saturated rings. The molecule has 1 amide bonds. The zero-order valence-corrected chi connectivity index (χ0v) is 10.7. The van der Waals surface area contributed by atoms with Crippen LogP contribution in [0, 0.1) is 11.8 Å². The summed E-state index contributed by atoms with van der Waals surface area (Å²) in [5, 5.41) is 11.9. The van der Waals surface area contributed by atoms with Crippen molar-refractivity contribution >= 4 is 17.7 Å². The molecule has 2 rings (SSSR count). The van der Waals surface area contributed by atoms with Crippen molar-refractivity contribution in [3.63, 3.8) is 0 Å². The van der Waals surface area contributed by atoms with Crippen LogP contribution < -0.4 is 5.32 Å². The lowest BCUT2D eigenvalue weighted by molar-refractivity contribution is -0.146. The molecule has 0 bridgehead atoms. The Morgan fingerprint density at radius 2 is 2.16 bits per heavy atom. The SMILES string of the molecule is CC1=CCC(C(=O)Nc2ccccn2)C(C(=O)O)C1. The van der Waals surface area contributed by atoms with Gasteiger partial charge in [-0.2, -0.15) is 0 Å². The average molecular weight is 260 g/mol. The normalized spacial score (nSPS) is 22.5. The summed E-state index contributed by atoms with van der Waals surface area (Å²) < 4.78 is 0. The van der Waals surface area contributed by atoms with Crippen LogP contribution >= 0.6 is 0 Å². The highest BCUT2D eigenvalue weighted by atomic mass is 16.4. The molecular weight excluding hydrogens is 244 g/mol. The van der Waals surface area contributed by atoms with E-state index < -0.39 is 17.8 Å². The number of pyridine rings is 1.